The first-order chi connectivity index (χ1) is 13.7. The van der Waals surface area contributed by atoms with E-state index in [1.54, 1.807) is 0 Å². The van der Waals surface area contributed by atoms with Gasteiger partial charge in [0, 0.05) is 22.6 Å². The second-order valence-electron chi connectivity index (χ2n) is 7.08. The van der Waals surface area contributed by atoms with Gasteiger partial charge in [0.15, 0.2) is 0 Å². The van der Waals surface area contributed by atoms with E-state index >= 15 is 0 Å². The predicted molar refractivity (Wildman–Crippen MR) is 110 cm³/mol. The van der Waals surface area contributed by atoms with Crippen molar-refractivity contribution in [1.82, 2.24) is 0 Å². The summed E-state index contributed by atoms with van der Waals surface area (Å²) >= 11 is 1.44. The number of amides is 2. The average molecular weight is 399 g/mol. The molecule has 2 aromatic carbocycles. The molecule has 2 heterocycles. The lowest BCUT2D eigenvalue weighted by Gasteiger charge is -2.24. The maximum atomic E-state index is 12.4. The van der Waals surface area contributed by atoms with Crippen LogP contribution in [0.5, 0.6) is 0 Å². The van der Waals surface area contributed by atoms with Crippen molar-refractivity contribution in [2.45, 2.75) is 23.1 Å². The fraction of sp³-hybridized carbons (Fsp3) is 0.333. The summed E-state index contributed by atoms with van der Waals surface area (Å²) in [5.74, 6) is -0.277. The monoisotopic (exact) mass is 398 g/mol. The number of hydrogen-bond acceptors (Lipinski definition) is 4. The van der Waals surface area contributed by atoms with E-state index in [9.17, 15) is 9.59 Å². The van der Waals surface area contributed by atoms with Crippen LogP contribution in [0.2, 0.25) is 0 Å². The summed E-state index contributed by atoms with van der Waals surface area (Å²) in [6.07, 6.45) is 0.143. The molecule has 146 valence electrons. The number of para-hydroxylation sites is 1. The minimum Gasteiger partial charge on any atom is -0.370 e. The molecule has 2 aliphatic rings. The molecule has 4 rings (SSSR count). The molecule has 0 aliphatic carbocycles. The molecule has 0 radical (unpaired) electrons. The maximum Gasteiger partial charge on any atom is 0.238 e. The molecule has 0 bridgehead atoms. The molecule has 28 heavy (non-hydrogen) atoms. The molecule has 2 aromatic rings. The maximum absolute atomic E-state index is 12.4. The van der Waals surface area contributed by atoms with Crippen molar-refractivity contribution >= 4 is 35.0 Å². The molecule has 1 atom stereocenters. The van der Waals surface area contributed by atoms with E-state index in [4.69, 9.17) is 4.74 Å². The number of anilines is 2. The minimum atomic E-state index is -0.418. The zero-order valence-electron chi connectivity index (χ0n) is 15.6. The highest BCUT2D eigenvalue weighted by atomic mass is 32.2. The van der Waals surface area contributed by atoms with Crippen LogP contribution in [-0.4, -0.2) is 43.4 Å². The van der Waals surface area contributed by atoms with Crippen molar-refractivity contribution in [2.24, 2.45) is 0 Å². The van der Waals surface area contributed by atoms with E-state index in [-0.39, 0.29) is 18.2 Å². The van der Waals surface area contributed by atoms with Crippen LogP contribution in [0.4, 0.5) is 11.4 Å². The largest absolute Gasteiger partial charge is 0.370 e. The first-order valence-electron chi connectivity index (χ1n) is 9.54. The van der Waals surface area contributed by atoms with Crippen LogP contribution in [0.15, 0.2) is 53.4 Å². The lowest BCUT2D eigenvalue weighted by atomic mass is 10.1. The van der Waals surface area contributed by atoms with Gasteiger partial charge in [-0.3, -0.25) is 9.59 Å². The number of nitrogens with one attached hydrogen (secondary N) is 3. The SMILES string of the molecule is O=C(C[C@@H]1Sc2ccccc2NC1=O)Nc1ccc(C[NH+]2CCOCC2)cc1. The Hall–Kier alpha value is -2.35. The van der Waals surface area contributed by atoms with Gasteiger partial charge in [0.2, 0.25) is 11.8 Å². The highest BCUT2D eigenvalue weighted by Crippen LogP contribution is 2.36. The Morgan fingerprint density at radius 1 is 1.14 bits per heavy atom. The summed E-state index contributed by atoms with van der Waals surface area (Å²) < 4.78 is 5.39. The number of quaternary nitrogens is 1. The quantitative estimate of drug-likeness (QED) is 0.715. The molecule has 7 heteroatoms. The smallest absolute Gasteiger partial charge is 0.238 e. The molecule has 0 spiro atoms. The fourth-order valence-electron chi connectivity index (χ4n) is 3.44. The molecular formula is C21H24N3O3S+. The average Bonchev–Trinajstić information content (AvgIpc) is 2.71. The number of ether oxygens (including phenoxy) is 1. The van der Waals surface area contributed by atoms with E-state index in [2.05, 4.69) is 22.8 Å². The molecule has 1 fully saturated rings. The van der Waals surface area contributed by atoms with E-state index in [1.807, 2.05) is 36.4 Å². The van der Waals surface area contributed by atoms with Gasteiger partial charge < -0.3 is 20.3 Å². The van der Waals surface area contributed by atoms with Crippen molar-refractivity contribution < 1.29 is 19.2 Å². The lowest BCUT2D eigenvalue weighted by molar-refractivity contribution is -0.921. The Labute approximate surface area is 168 Å². The second kappa shape index (κ2) is 8.77. The van der Waals surface area contributed by atoms with E-state index in [0.29, 0.717) is 0 Å². The third-order valence-electron chi connectivity index (χ3n) is 4.97. The standard InChI is InChI=1S/C21H23N3O3S/c25-20(13-19-21(26)23-17-3-1-2-4-18(17)28-19)22-16-7-5-15(6-8-16)14-24-9-11-27-12-10-24/h1-8,19H,9-14H2,(H,22,25)(H,23,26)/p+1/t19-/m0/s1. The molecule has 0 aromatic heterocycles. The Balaban J connectivity index is 1.30. The topological polar surface area (TPSA) is 71.9 Å². The van der Waals surface area contributed by atoms with Crippen molar-refractivity contribution in [3.05, 3.63) is 54.1 Å². The first-order valence-corrected chi connectivity index (χ1v) is 10.4. The van der Waals surface area contributed by atoms with Gasteiger partial charge in [-0.25, -0.2) is 0 Å². The van der Waals surface area contributed by atoms with E-state index < -0.39 is 5.25 Å². The highest BCUT2D eigenvalue weighted by Gasteiger charge is 2.28. The molecule has 0 unspecified atom stereocenters. The minimum absolute atomic E-state index is 0.123. The molecular weight excluding hydrogens is 374 g/mol. The summed E-state index contributed by atoms with van der Waals surface area (Å²) in [6, 6.07) is 15.6. The van der Waals surface area contributed by atoms with Gasteiger partial charge in [-0.05, 0) is 24.3 Å². The van der Waals surface area contributed by atoms with Crippen molar-refractivity contribution in [2.75, 3.05) is 36.9 Å². The highest BCUT2D eigenvalue weighted by molar-refractivity contribution is 8.01. The number of hydrogen-bond donors (Lipinski definition) is 3. The summed E-state index contributed by atoms with van der Waals surface area (Å²) in [7, 11) is 0. The van der Waals surface area contributed by atoms with Crippen LogP contribution in [0.25, 0.3) is 0 Å². The van der Waals surface area contributed by atoms with Crippen molar-refractivity contribution in [3.8, 4) is 0 Å². The number of carbonyl (C=O) groups is 2. The number of benzene rings is 2. The number of rotatable bonds is 5. The molecule has 2 amide bonds. The summed E-state index contributed by atoms with van der Waals surface area (Å²) in [5, 5.41) is 5.36. The van der Waals surface area contributed by atoms with Gasteiger partial charge in [0.1, 0.15) is 19.6 Å². The van der Waals surface area contributed by atoms with Gasteiger partial charge in [-0.1, -0.05) is 24.3 Å². The Morgan fingerprint density at radius 2 is 1.89 bits per heavy atom. The Kier molecular flexibility index (Phi) is 5.95. The van der Waals surface area contributed by atoms with E-state index in [1.165, 1.54) is 22.2 Å². The van der Waals surface area contributed by atoms with Crippen LogP contribution in [0, 0.1) is 0 Å². The van der Waals surface area contributed by atoms with Crippen LogP contribution < -0.4 is 15.5 Å². The van der Waals surface area contributed by atoms with Crippen LogP contribution in [0.3, 0.4) is 0 Å². The van der Waals surface area contributed by atoms with Gasteiger partial charge in [0.25, 0.3) is 0 Å². The second-order valence-corrected chi connectivity index (χ2v) is 8.32. The predicted octanol–water partition coefficient (Wildman–Crippen LogP) is 1.54. The zero-order valence-corrected chi connectivity index (χ0v) is 16.4. The number of fused-ring (bicyclic) bond motifs is 1. The third kappa shape index (κ3) is 4.73. The molecule has 0 saturated carbocycles. The van der Waals surface area contributed by atoms with E-state index in [0.717, 1.165) is 49.1 Å². The van der Waals surface area contributed by atoms with Crippen molar-refractivity contribution in [3.63, 3.8) is 0 Å². The summed E-state index contributed by atoms with van der Waals surface area (Å²) in [5.41, 5.74) is 2.81. The van der Waals surface area contributed by atoms with Crippen LogP contribution in [-0.2, 0) is 20.9 Å². The van der Waals surface area contributed by atoms with Crippen LogP contribution in [0.1, 0.15) is 12.0 Å². The summed E-state index contributed by atoms with van der Waals surface area (Å²) in [6.45, 7) is 4.67. The molecule has 3 N–H and O–H groups in total. The fourth-order valence-corrected chi connectivity index (χ4v) is 4.55. The van der Waals surface area contributed by atoms with Crippen molar-refractivity contribution in [1.29, 1.82) is 0 Å². The molecule has 1 saturated heterocycles. The van der Waals surface area contributed by atoms with Gasteiger partial charge in [0.05, 0.1) is 24.2 Å². The van der Waals surface area contributed by atoms with Gasteiger partial charge in [-0.15, -0.1) is 11.8 Å². The molecule has 2 aliphatic heterocycles. The summed E-state index contributed by atoms with van der Waals surface area (Å²) in [4.78, 5) is 27.2. The Bertz CT molecular complexity index is 850. The number of carbonyl (C=O) groups excluding carboxylic acids is 2. The van der Waals surface area contributed by atoms with Gasteiger partial charge in [-0.2, -0.15) is 0 Å². The number of morpholine rings is 1. The molecule has 6 nitrogen and oxygen atoms in total. The lowest BCUT2D eigenvalue weighted by Crippen LogP contribution is -3.12. The first kappa shape index (κ1) is 19.0. The zero-order chi connectivity index (χ0) is 19.3. The Morgan fingerprint density at radius 3 is 2.68 bits per heavy atom. The third-order valence-corrected chi connectivity index (χ3v) is 6.24. The van der Waals surface area contributed by atoms with Gasteiger partial charge >= 0.3 is 0 Å². The van der Waals surface area contributed by atoms with Crippen LogP contribution >= 0.6 is 11.8 Å². The number of thioether (sulfide) groups is 1. The normalized spacial score (nSPS) is 19.6.